The third kappa shape index (κ3) is 1.39. The summed E-state index contributed by atoms with van der Waals surface area (Å²) < 4.78 is 4.79. The Labute approximate surface area is 65.4 Å². The standard InChI is InChI=1S/C6H5BrO3/c7-2-4-1-5(8)6(9)3-10-4/h1,3,9H,2H2. The molecule has 0 amide bonds. The maximum absolute atomic E-state index is 10.7. The second kappa shape index (κ2) is 2.88. The van der Waals surface area contributed by atoms with Crippen LogP contribution in [0.3, 0.4) is 0 Å². The smallest absolute Gasteiger partial charge is 0.226 e. The molecule has 0 saturated heterocycles. The van der Waals surface area contributed by atoms with Gasteiger partial charge in [0.15, 0.2) is 5.75 Å². The van der Waals surface area contributed by atoms with Crippen molar-refractivity contribution >= 4 is 15.9 Å². The summed E-state index contributed by atoms with van der Waals surface area (Å²) in [5.41, 5.74) is -0.416. The van der Waals surface area contributed by atoms with Crippen molar-refractivity contribution in [2.45, 2.75) is 5.33 Å². The molecule has 0 spiro atoms. The predicted octanol–water partition coefficient (Wildman–Crippen LogP) is 1.24. The van der Waals surface area contributed by atoms with Gasteiger partial charge >= 0.3 is 0 Å². The zero-order chi connectivity index (χ0) is 7.56. The van der Waals surface area contributed by atoms with Gasteiger partial charge in [-0.3, -0.25) is 4.79 Å². The summed E-state index contributed by atoms with van der Waals surface area (Å²) >= 11 is 3.10. The molecule has 10 heavy (non-hydrogen) atoms. The van der Waals surface area contributed by atoms with Crippen LogP contribution in [0.15, 0.2) is 21.5 Å². The van der Waals surface area contributed by atoms with E-state index in [4.69, 9.17) is 9.52 Å². The van der Waals surface area contributed by atoms with Gasteiger partial charge in [-0.15, -0.1) is 0 Å². The molecule has 0 atom stereocenters. The van der Waals surface area contributed by atoms with E-state index in [0.29, 0.717) is 11.1 Å². The summed E-state index contributed by atoms with van der Waals surface area (Å²) in [6.07, 6.45) is 1.03. The molecule has 0 aliphatic rings. The fraction of sp³-hybridized carbons (Fsp3) is 0.167. The van der Waals surface area contributed by atoms with E-state index >= 15 is 0 Å². The molecule has 0 unspecified atom stereocenters. The van der Waals surface area contributed by atoms with Crippen LogP contribution in [0.2, 0.25) is 0 Å². The van der Waals surface area contributed by atoms with E-state index < -0.39 is 5.43 Å². The highest BCUT2D eigenvalue weighted by atomic mass is 79.9. The number of hydrogen-bond acceptors (Lipinski definition) is 3. The Morgan fingerprint density at radius 3 is 2.90 bits per heavy atom. The van der Waals surface area contributed by atoms with Crippen molar-refractivity contribution in [1.82, 2.24) is 0 Å². The van der Waals surface area contributed by atoms with Gasteiger partial charge in [0.25, 0.3) is 0 Å². The van der Waals surface area contributed by atoms with E-state index in [1.165, 1.54) is 6.07 Å². The Morgan fingerprint density at radius 1 is 1.70 bits per heavy atom. The molecule has 0 saturated carbocycles. The molecule has 1 aromatic heterocycles. The number of alkyl halides is 1. The lowest BCUT2D eigenvalue weighted by atomic mass is 10.4. The Hall–Kier alpha value is -0.770. The summed E-state index contributed by atoms with van der Waals surface area (Å²) in [5.74, 6) is 0.146. The molecule has 1 aromatic rings. The number of hydrogen-bond donors (Lipinski definition) is 1. The number of halogens is 1. The van der Waals surface area contributed by atoms with Crippen molar-refractivity contribution < 1.29 is 9.52 Å². The molecule has 0 aliphatic heterocycles. The minimum Gasteiger partial charge on any atom is -0.502 e. The first kappa shape index (κ1) is 7.34. The molecule has 1 heterocycles. The van der Waals surface area contributed by atoms with Crippen LogP contribution in [0, 0.1) is 0 Å². The summed E-state index contributed by atoms with van der Waals surface area (Å²) in [4.78, 5) is 10.7. The second-order valence-electron chi connectivity index (χ2n) is 1.73. The van der Waals surface area contributed by atoms with Crippen molar-refractivity contribution in [2.24, 2.45) is 0 Å². The maximum atomic E-state index is 10.7. The van der Waals surface area contributed by atoms with Crippen LogP contribution in [0.25, 0.3) is 0 Å². The van der Waals surface area contributed by atoms with E-state index in [0.717, 1.165) is 6.26 Å². The van der Waals surface area contributed by atoms with Crippen molar-refractivity contribution in [3.8, 4) is 5.75 Å². The molecular weight excluding hydrogens is 200 g/mol. The fourth-order valence-electron chi connectivity index (χ4n) is 0.514. The number of rotatable bonds is 1. The lowest BCUT2D eigenvalue weighted by molar-refractivity contribution is 0.419. The molecular formula is C6H5BrO3. The summed E-state index contributed by atoms with van der Waals surface area (Å²) in [6, 6.07) is 1.24. The third-order valence-electron chi connectivity index (χ3n) is 0.998. The molecule has 0 bridgehead atoms. The van der Waals surface area contributed by atoms with Gasteiger partial charge in [-0.1, -0.05) is 15.9 Å². The molecule has 0 aliphatic carbocycles. The van der Waals surface area contributed by atoms with Crippen molar-refractivity contribution in [2.75, 3.05) is 0 Å². The third-order valence-corrected chi connectivity index (χ3v) is 1.55. The molecule has 0 fully saturated rings. The monoisotopic (exact) mass is 204 g/mol. The summed E-state index contributed by atoms with van der Waals surface area (Å²) in [5, 5.41) is 9.19. The van der Waals surface area contributed by atoms with Gasteiger partial charge in [0.1, 0.15) is 12.0 Å². The summed E-state index contributed by atoms with van der Waals surface area (Å²) in [6.45, 7) is 0. The molecule has 0 aromatic carbocycles. The zero-order valence-corrected chi connectivity index (χ0v) is 6.59. The molecule has 1 N–H and O–H groups in total. The second-order valence-corrected chi connectivity index (χ2v) is 2.29. The van der Waals surface area contributed by atoms with E-state index in [-0.39, 0.29) is 5.75 Å². The lowest BCUT2D eigenvalue weighted by Gasteiger charge is -1.92. The van der Waals surface area contributed by atoms with Crippen LogP contribution in [0.1, 0.15) is 5.76 Å². The van der Waals surface area contributed by atoms with E-state index in [2.05, 4.69) is 15.9 Å². The molecule has 3 nitrogen and oxygen atoms in total. The largest absolute Gasteiger partial charge is 0.502 e. The Balaban J connectivity index is 3.17. The predicted molar refractivity (Wildman–Crippen MR) is 39.3 cm³/mol. The quantitative estimate of drug-likeness (QED) is 0.701. The van der Waals surface area contributed by atoms with Gasteiger partial charge < -0.3 is 9.52 Å². The van der Waals surface area contributed by atoms with E-state index in [1.807, 2.05) is 0 Å². The first-order valence-corrected chi connectivity index (χ1v) is 3.73. The SMILES string of the molecule is O=c1cc(CBr)occ1O. The summed E-state index contributed by atoms with van der Waals surface area (Å²) in [7, 11) is 0. The Morgan fingerprint density at radius 2 is 2.40 bits per heavy atom. The van der Waals surface area contributed by atoms with E-state index in [1.54, 1.807) is 0 Å². The van der Waals surface area contributed by atoms with Crippen molar-refractivity contribution in [3.63, 3.8) is 0 Å². The Kier molecular flexibility index (Phi) is 2.11. The highest BCUT2D eigenvalue weighted by Gasteiger charge is 1.98. The number of aromatic hydroxyl groups is 1. The van der Waals surface area contributed by atoms with Gasteiger partial charge in [0.2, 0.25) is 5.43 Å². The van der Waals surface area contributed by atoms with Crippen LogP contribution < -0.4 is 5.43 Å². The minimum absolute atomic E-state index is 0.357. The fourth-order valence-corrected chi connectivity index (χ4v) is 0.808. The highest BCUT2D eigenvalue weighted by Crippen LogP contribution is 2.05. The van der Waals surface area contributed by atoms with Gasteiger partial charge in [-0.05, 0) is 0 Å². The molecule has 4 heteroatoms. The van der Waals surface area contributed by atoms with Gasteiger partial charge in [0, 0.05) is 6.07 Å². The average molecular weight is 205 g/mol. The molecule has 1 rings (SSSR count). The van der Waals surface area contributed by atoms with Gasteiger partial charge in [0.05, 0.1) is 5.33 Å². The first-order valence-electron chi connectivity index (χ1n) is 2.60. The normalized spacial score (nSPS) is 9.70. The molecule has 54 valence electrons. The minimum atomic E-state index is -0.416. The van der Waals surface area contributed by atoms with Crippen LogP contribution in [0.4, 0.5) is 0 Å². The van der Waals surface area contributed by atoms with Gasteiger partial charge in [-0.2, -0.15) is 0 Å². The van der Waals surface area contributed by atoms with Crippen LogP contribution in [-0.2, 0) is 5.33 Å². The lowest BCUT2D eigenvalue weighted by Crippen LogP contribution is -1.98. The van der Waals surface area contributed by atoms with E-state index in [9.17, 15) is 4.79 Å². The zero-order valence-electron chi connectivity index (χ0n) is 5.00. The Bertz CT molecular complexity index is 279. The topological polar surface area (TPSA) is 50.4 Å². The molecule has 0 radical (unpaired) electrons. The van der Waals surface area contributed by atoms with Crippen molar-refractivity contribution in [1.29, 1.82) is 0 Å². The van der Waals surface area contributed by atoms with Crippen molar-refractivity contribution in [3.05, 3.63) is 28.3 Å². The first-order chi connectivity index (χ1) is 4.74. The van der Waals surface area contributed by atoms with Crippen LogP contribution in [-0.4, -0.2) is 5.11 Å². The maximum Gasteiger partial charge on any atom is 0.226 e. The van der Waals surface area contributed by atoms with Crippen LogP contribution >= 0.6 is 15.9 Å². The van der Waals surface area contributed by atoms with Gasteiger partial charge in [-0.25, -0.2) is 0 Å². The average Bonchev–Trinajstić information content (AvgIpc) is 1.95. The highest BCUT2D eigenvalue weighted by molar-refractivity contribution is 9.08. The van der Waals surface area contributed by atoms with Crippen LogP contribution in [0.5, 0.6) is 5.75 Å².